The van der Waals surface area contributed by atoms with E-state index < -0.39 is 22.1 Å². The number of nitrogens with two attached hydrogens (primary N) is 1. The van der Waals surface area contributed by atoms with Gasteiger partial charge in [0.05, 0.1) is 0 Å². The Morgan fingerprint density at radius 3 is 2.00 bits per heavy atom. The Morgan fingerprint density at radius 1 is 1.42 bits per heavy atom. The molecule has 0 bridgehead atoms. The molecule has 3 heteroatoms. The van der Waals surface area contributed by atoms with E-state index in [1.54, 1.807) is 0 Å². The molecule has 0 aliphatic rings. The normalized spacial score (nSPS) is 8.33. The van der Waals surface area contributed by atoms with E-state index in [-0.39, 0.29) is 0 Å². The van der Waals surface area contributed by atoms with E-state index in [1.165, 1.54) is 0 Å². The van der Waals surface area contributed by atoms with Gasteiger partial charge in [-0.05, 0) is 12.5 Å². The van der Waals surface area contributed by atoms with Gasteiger partial charge in [0, 0.05) is 0 Å². The molecule has 1 radical (unpaired) electrons. The van der Waals surface area contributed by atoms with Crippen molar-refractivity contribution in [2.75, 3.05) is 0 Å². The van der Waals surface area contributed by atoms with Crippen LogP contribution >= 0.6 is 8.25 Å². The van der Waals surface area contributed by atoms with Gasteiger partial charge in [-0.1, -0.05) is 30.3 Å². The molecule has 1 nitrogen and oxygen atoms in total. The molecule has 0 spiro atoms. The van der Waals surface area contributed by atoms with Crippen molar-refractivity contribution in [3.05, 3.63) is 42.8 Å². The van der Waals surface area contributed by atoms with Crippen molar-refractivity contribution in [3.8, 4) is 0 Å². The van der Waals surface area contributed by atoms with E-state index in [4.69, 9.17) is 11.7 Å². The van der Waals surface area contributed by atoms with Crippen LogP contribution in [0.25, 0.3) is 0 Å². The maximum absolute atomic E-state index is 5.47. The molecule has 0 heterocycles. The quantitative estimate of drug-likeness (QED) is 0.754. The van der Waals surface area contributed by atoms with Crippen LogP contribution in [0.4, 0.5) is 0 Å². The number of rotatable bonds is 1. The maximum atomic E-state index is 5.47. The minimum absolute atomic E-state index is 1.07. The first-order chi connectivity index (χ1) is 5.66. The Hall–Kier alpha value is 0.405. The Bertz CT molecular complexity index is 189. The second kappa shape index (κ2) is 8.02. The minimum Gasteiger partial charge on any atom is -0.0622 e. The number of hydrogen-bond acceptors (Lipinski definition) is 1. The van der Waals surface area contributed by atoms with Crippen molar-refractivity contribution < 1.29 is 22.1 Å². The third-order valence-corrected chi connectivity index (χ3v) is 8.35. The summed E-state index contributed by atoms with van der Waals surface area (Å²) in [6.07, 6.45) is 0. The Morgan fingerprint density at radius 2 is 1.83 bits per heavy atom. The summed E-state index contributed by atoms with van der Waals surface area (Å²) in [4.78, 5) is 0. The van der Waals surface area contributed by atoms with E-state index >= 15 is 0 Å². The molecule has 0 saturated carbocycles. The summed E-state index contributed by atoms with van der Waals surface area (Å²) in [5.74, 6) is 0. The summed E-state index contributed by atoms with van der Waals surface area (Å²) < 4.78 is 6.37. The molecule has 2 N–H and O–H groups in total. The van der Waals surface area contributed by atoms with Crippen molar-refractivity contribution in [2.45, 2.75) is 10.9 Å². The fourth-order valence-corrected chi connectivity index (χ4v) is 0.478. The van der Waals surface area contributed by atoms with Crippen LogP contribution in [0.2, 0.25) is 3.93 Å². The van der Waals surface area contributed by atoms with Gasteiger partial charge in [-0.2, -0.15) is 0 Å². The van der Waals surface area contributed by atoms with Crippen LogP contribution in [-0.4, -0.2) is 0 Å². The summed E-state index contributed by atoms with van der Waals surface area (Å²) in [7, 11) is 5.47. The molecule has 0 saturated heterocycles. The average Bonchev–Trinajstić information content (AvgIpc) is 2.07. The predicted octanol–water partition coefficient (Wildman–Crippen LogP) is 2.94. The zero-order chi connectivity index (χ0) is 9.40. The van der Waals surface area contributed by atoms with Gasteiger partial charge < -0.3 is 0 Å². The van der Waals surface area contributed by atoms with Crippen LogP contribution in [0.5, 0.6) is 0 Å². The number of benzene rings is 1. The van der Waals surface area contributed by atoms with Crippen LogP contribution in [-0.2, 0) is 22.1 Å². The molecular weight excluding hydrogens is 358 g/mol. The second-order valence-corrected chi connectivity index (χ2v) is 17.4. The maximum Gasteiger partial charge on any atom is -0.0238 e. The van der Waals surface area contributed by atoms with Gasteiger partial charge >= 0.3 is 44.7 Å². The van der Waals surface area contributed by atoms with Crippen LogP contribution < -0.4 is 3.50 Å². The minimum atomic E-state index is -1.87. The van der Waals surface area contributed by atoms with E-state index in [0.29, 0.717) is 0 Å². The first-order valence-corrected chi connectivity index (χ1v) is 18.0. The van der Waals surface area contributed by atoms with Crippen LogP contribution in [0.3, 0.4) is 0 Å². The molecule has 12 heavy (non-hydrogen) atoms. The van der Waals surface area contributed by atoms with Crippen LogP contribution in [0.1, 0.15) is 12.5 Å². The molecule has 0 unspecified atom stereocenters. The van der Waals surface area contributed by atoms with E-state index in [2.05, 4.69) is 6.92 Å². The molecule has 0 fully saturated rings. The van der Waals surface area contributed by atoms with Gasteiger partial charge in [0.25, 0.3) is 0 Å². The third-order valence-electron chi connectivity index (χ3n) is 1.32. The molecule has 1 aromatic rings. The molecule has 0 atom stereocenters. The van der Waals surface area contributed by atoms with Crippen LogP contribution in [0, 0.1) is 6.92 Å². The van der Waals surface area contributed by atoms with Crippen molar-refractivity contribution in [3.63, 3.8) is 0 Å². The Labute approximate surface area is 87.1 Å². The van der Waals surface area contributed by atoms with E-state index in [9.17, 15) is 0 Å². The summed E-state index contributed by atoms with van der Waals surface area (Å²) in [6.45, 7) is 5.77. The zero-order valence-electron chi connectivity index (χ0n) is 7.46. The topological polar surface area (TPSA) is 26.0 Å². The first kappa shape index (κ1) is 12.4. The number of hydrogen-bond donors (Lipinski definition) is 1. The summed E-state index contributed by atoms with van der Waals surface area (Å²) in [6, 6.07) is 9.87. The summed E-state index contributed by atoms with van der Waals surface area (Å²) in [5, 5.41) is 0. The molecule has 1 rings (SSSR count). The summed E-state index contributed by atoms with van der Waals surface area (Å²) >= 11 is -1.87. The SMILES string of the molecule is C[CH2][Hg]([NH2])[Cl].[CH2]c1ccccc1. The van der Waals surface area contributed by atoms with Crippen molar-refractivity contribution >= 4 is 8.25 Å². The van der Waals surface area contributed by atoms with E-state index in [0.717, 1.165) is 9.49 Å². The largest absolute Gasteiger partial charge is 0.0622 e. The van der Waals surface area contributed by atoms with Crippen molar-refractivity contribution in [2.24, 2.45) is 3.50 Å². The molecule has 1 aromatic carbocycles. The van der Waals surface area contributed by atoms with Crippen LogP contribution in [0.15, 0.2) is 30.3 Å². The van der Waals surface area contributed by atoms with E-state index in [1.807, 2.05) is 37.3 Å². The van der Waals surface area contributed by atoms with Gasteiger partial charge in [0.15, 0.2) is 0 Å². The van der Waals surface area contributed by atoms with Gasteiger partial charge in [-0.3, -0.25) is 0 Å². The third kappa shape index (κ3) is 8.50. The van der Waals surface area contributed by atoms with Gasteiger partial charge in [0.2, 0.25) is 0 Å². The standard InChI is InChI=1S/C7H7.C2H5.ClH.Hg.H2N/c1-7-5-3-2-4-6-7;1-2;;;/h2-6H,1H2;1H2,2H3;1H;;1H2/q;;;+2;-1/p-1. The monoisotopic (exact) mass is 373 g/mol. The molecule has 0 aliphatic heterocycles. The fraction of sp³-hybridized carbons (Fsp3) is 0.222. The summed E-state index contributed by atoms with van der Waals surface area (Å²) in [5.41, 5.74) is 1.07. The molecule has 0 aliphatic carbocycles. The predicted molar refractivity (Wildman–Crippen MR) is 51.4 cm³/mol. The van der Waals surface area contributed by atoms with Crippen molar-refractivity contribution in [1.29, 1.82) is 0 Å². The molecule has 64 valence electrons. The van der Waals surface area contributed by atoms with Gasteiger partial charge in [-0.15, -0.1) is 0 Å². The van der Waals surface area contributed by atoms with Gasteiger partial charge in [0.1, 0.15) is 0 Å². The first-order valence-electron chi connectivity index (χ1n) is 4.15. The Balaban J connectivity index is 0.000000217. The van der Waals surface area contributed by atoms with Gasteiger partial charge in [-0.25, -0.2) is 0 Å². The average molecular weight is 372 g/mol. The molecular formula is C9H14ClHgN. The smallest absolute Gasteiger partial charge is 0.0238 e. The molecule has 0 aromatic heterocycles. The fourth-order valence-electron chi connectivity index (χ4n) is 0.478. The zero-order valence-corrected chi connectivity index (χ0v) is 13.7. The second-order valence-electron chi connectivity index (χ2n) is 2.62. The molecule has 0 amide bonds. The van der Waals surface area contributed by atoms with Crippen molar-refractivity contribution in [1.82, 2.24) is 0 Å². The number of halogens is 1. The Kier molecular flexibility index (Phi) is 8.29.